The number of ketones is 2. The van der Waals surface area contributed by atoms with E-state index in [2.05, 4.69) is 11.1 Å². The lowest BCUT2D eigenvalue weighted by Gasteiger charge is -2.11. The fourth-order valence-electron chi connectivity index (χ4n) is 2.70. The van der Waals surface area contributed by atoms with Gasteiger partial charge in [0.15, 0.2) is 11.6 Å². The highest BCUT2D eigenvalue weighted by Crippen LogP contribution is 2.25. The lowest BCUT2D eigenvalue weighted by Crippen LogP contribution is -2.50. The van der Waals surface area contributed by atoms with Crippen molar-refractivity contribution in [1.29, 1.82) is 0 Å². The van der Waals surface area contributed by atoms with Gasteiger partial charge in [0.05, 0.1) is 6.54 Å². The molecule has 22 heavy (non-hydrogen) atoms. The average molecular weight is 301 g/mol. The van der Waals surface area contributed by atoms with Gasteiger partial charge in [0.2, 0.25) is 0 Å². The van der Waals surface area contributed by atoms with Crippen LogP contribution >= 0.6 is 0 Å². The normalized spacial score (nSPS) is 16.0. The maximum atomic E-state index is 12.3. The third-order valence-corrected chi connectivity index (χ3v) is 4.27. The van der Waals surface area contributed by atoms with Crippen LogP contribution in [0.5, 0.6) is 0 Å². The van der Waals surface area contributed by atoms with Crippen LogP contribution in [0.1, 0.15) is 49.9 Å². The molecule has 0 spiro atoms. The molecule has 2 rings (SSSR count). The molecular weight excluding hydrogens is 276 g/mol. The van der Waals surface area contributed by atoms with Crippen LogP contribution in [-0.2, 0) is 4.79 Å². The number of hydrogen-bond acceptors (Lipinski definition) is 3. The second-order valence-electron chi connectivity index (χ2n) is 5.99. The van der Waals surface area contributed by atoms with E-state index >= 15 is 0 Å². The van der Waals surface area contributed by atoms with Gasteiger partial charge in [-0.05, 0) is 50.5 Å². The monoisotopic (exact) mass is 301 g/mol. The summed E-state index contributed by atoms with van der Waals surface area (Å²) in [6, 6.07) is 7.53. The average Bonchev–Trinajstić information content (AvgIpc) is 2.84. The van der Waals surface area contributed by atoms with Gasteiger partial charge < -0.3 is 11.1 Å². The minimum absolute atomic E-state index is 0.0398. The zero-order valence-electron chi connectivity index (χ0n) is 13.4. The first-order chi connectivity index (χ1) is 10.5. The summed E-state index contributed by atoms with van der Waals surface area (Å²) in [6.45, 7) is 4.70. The highest BCUT2D eigenvalue weighted by atomic mass is 16.1. The fourth-order valence-corrected chi connectivity index (χ4v) is 2.70. The Balaban J connectivity index is 2.01. The molecule has 0 saturated carbocycles. The number of nitrogens with one attached hydrogen (secondary N) is 1. The van der Waals surface area contributed by atoms with E-state index in [4.69, 9.17) is 0 Å². The molecule has 0 amide bonds. The molecule has 0 saturated heterocycles. The zero-order chi connectivity index (χ0) is 16.1. The maximum Gasteiger partial charge on any atom is 0.165 e. The Hall–Kier alpha value is -1.94. The summed E-state index contributed by atoms with van der Waals surface area (Å²) in [4.78, 5) is 23.8. The van der Waals surface area contributed by atoms with Gasteiger partial charge in [-0.1, -0.05) is 6.92 Å². The van der Waals surface area contributed by atoms with E-state index in [-0.39, 0.29) is 17.5 Å². The minimum Gasteiger partial charge on any atom is -0.359 e. The van der Waals surface area contributed by atoms with Crippen molar-refractivity contribution in [3.8, 4) is 0 Å². The van der Waals surface area contributed by atoms with Crippen LogP contribution in [-0.4, -0.2) is 18.1 Å². The fraction of sp³-hybridized carbons (Fsp3) is 0.444. The Morgan fingerprint density at radius 1 is 1.27 bits per heavy atom. The molecule has 4 N–H and O–H groups in total. The Labute approximate surface area is 131 Å². The number of allylic oxidation sites excluding steroid dienone is 2. The van der Waals surface area contributed by atoms with Crippen LogP contribution in [0.3, 0.4) is 0 Å². The molecule has 1 aliphatic carbocycles. The molecule has 4 heteroatoms. The van der Waals surface area contributed by atoms with Gasteiger partial charge in [0.1, 0.15) is 0 Å². The van der Waals surface area contributed by atoms with Crippen LogP contribution in [0.15, 0.2) is 35.5 Å². The van der Waals surface area contributed by atoms with Gasteiger partial charge >= 0.3 is 0 Å². The number of benzene rings is 1. The largest absolute Gasteiger partial charge is 0.359 e. The van der Waals surface area contributed by atoms with Gasteiger partial charge in [0, 0.05) is 34.9 Å². The Kier molecular flexibility index (Phi) is 5.50. The van der Waals surface area contributed by atoms with Crippen LogP contribution in [0.2, 0.25) is 0 Å². The molecule has 1 aliphatic rings. The standard InChI is InChI=1S/C18H24N2O2/c1-12(4-3-11-19)18(22)14-5-7-15(8-6-14)20-16-9-10-17(21)13(16)2/h5-8,12,20H,3-4,9-11,19H2,1-2H3/p+1. The molecule has 0 heterocycles. The summed E-state index contributed by atoms with van der Waals surface area (Å²) < 4.78 is 0. The highest BCUT2D eigenvalue weighted by Gasteiger charge is 2.19. The zero-order valence-corrected chi connectivity index (χ0v) is 13.4. The quantitative estimate of drug-likeness (QED) is 0.760. The van der Waals surface area contributed by atoms with Crippen molar-refractivity contribution < 1.29 is 15.3 Å². The summed E-state index contributed by atoms with van der Waals surface area (Å²) in [5, 5.41) is 3.29. The molecular formula is C18H25N2O2+. The SMILES string of the molecule is CC1=C(Nc2ccc(C(=O)C(C)CCC[NH3+])cc2)CCC1=O. The lowest BCUT2D eigenvalue weighted by atomic mass is 9.95. The molecule has 0 radical (unpaired) electrons. The Morgan fingerprint density at radius 2 is 1.95 bits per heavy atom. The molecule has 118 valence electrons. The third-order valence-electron chi connectivity index (χ3n) is 4.27. The van der Waals surface area contributed by atoms with Crippen molar-refractivity contribution in [1.82, 2.24) is 0 Å². The van der Waals surface area contributed by atoms with Gasteiger partial charge in [-0.2, -0.15) is 0 Å². The number of rotatable bonds is 7. The summed E-state index contributed by atoms with van der Waals surface area (Å²) in [5.74, 6) is 0.443. The first-order valence-electron chi connectivity index (χ1n) is 7.96. The van der Waals surface area contributed by atoms with E-state index in [9.17, 15) is 9.59 Å². The van der Waals surface area contributed by atoms with Gasteiger partial charge in [-0.3, -0.25) is 9.59 Å². The van der Waals surface area contributed by atoms with E-state index in [0.29, 0.717) is 6.42 Å². The number of carbonyl (C=O) groups excluding carboxylic acids is 2. The molecule has 1 aromatic carbocycles. The van der Waals surface area contributed by atoms with Crippen molar-refractivity contribution in [3.63, 3.8) is 0 Å². The Bertz CT molecular complexity index is 588. The first kappa shape index (κ1) is 16.4. The third kappa shape index (κ3) is 3.83. The van der Waals surface area contributed by atoms with E-state index < -0.39 is 0 Å². The summed E-state index contributed by atoms with van der Waals surface area (Å²) in [5.41, 5.74) is 7.30. The van der Waals surface area contributed by atoms with Crippen molar-refractivity contribution in [3.05, 3.63) is 41.1 Å². The van der Waals surface area contributed by atoms with E-state index in [1.807, 2.05) is 38.1 Å². The molecule has 0 aromatic heterocycles. The summed E-state index contributed by atoms with van der Waals surface area (Å²) in [7, 11) is 0. The second kappa shape index (κ2) is 7.36. The van der Waals surface area contributed by atoms with Crippen molar-refractivity contribution >= 4 is 17.3 Å². The topological polar surface area (TPSA) is 73.8 Å². The van der Waals surface area contributed by atoms with Crippen molar-refractivity contribution in [2.24, 2.45) is 5.92 Å². The molecule has 1 atom stereocenters. The van der Waals surface area contributed by atoms with Crippen molar-refractivity contribution in [2.45, 2.75) is 39.5 Å². The summed E-state index contributed by atoms with van der Waals surface area (Å²) in [6.07, 6.45) is 3.23. The molecule has 1 aromatic rings. The number of anilines is 1. The number of Topliss-reactive ketones (excluding diaryl/α,β-unsaturated/α-hetero) is 2. The number of carbonyl (C=O) groups is 2. The molecule has 0 bridgehead atoms. The van der Waals surface area contributed by atoms with Gasteiger partial charge in [0.25, 0.3) is 0 Å². The molecule has 0 fully saturated rings. The van der Waals surface area contributed by atoms with E-state index in [0.717, 1.165) is 48.3 Å². The maximum absolute atomic E-state index is 12.3. The van der Waals surface area contributed by atoms with Crippen LogP contribution in [0.25, 0.3) is 0 Å². The van der Waals surface area contributed by atoms with Crippen LogP contribution in [0, 0.1) is 5.92 Å². The smallest absolute Gasteiger partial charge is 0.165 e. The van der Waals surface area contributed by atoms with Gasteiger partial charge in [-0.25, -0.2) is 0 Å². The minimum atomic E-state index is 0.0398. The van der Waals surface area contributed by atoms with E-state index in [1.54, 1.807) is 0 Å². The number of quaternary nitrogens is 1. The lowest BCUT2D eigenvalue weighted by molar-refractivity contribution is -0.368. The molecule has 1 unspecified atom stereocenters. The van der Waals surface area contributed by atoms with E-state index in [1.165, 1.54) is 0 Å². The van der Waals surface area contributed by atoms with Gasteiger partial charge in [-0.15, -0.1) is 0 Å². The predicted octanol–water partition coefficient (Wildman–Crippen LogP) is 2.58. The highest BCUT2D eigenvalue weighted by molar-refractivity contribution is 5.99. The van der Waals surface area contributed by atoms with Crippen LogP contribution in [0.4, 0.5) is 5.69 Å². The van der Waals surface area contributed by atoms with Crippen LogP contribution < -0.4 is 11.1 Å². The number of hydrogen-bond donors (Lipinski definition) is 2. The molecule has 0 aliphatic heterocycles. The Morgan fingerprint density at radius 3 is 2.50 bits per heavy atom. The predicted molar refractivity (Wildman–Crippen MR) is 87.5 cm³/mol. The van der Waals surface area contributed by atoms with Crippen molar-refractivity contribution in [2.75, 3.05) is 11.9 Å². The summed E-state index contributed by atoms with van der Waals surface area (Å²) >= 11 is 0. The second-order valence-corrected chi connectivity index (χ2v) is 5.99. The molecule has 4 nitrogen and oxygen atoms in total. The first-order valence-corrected chi connectivity index (χ1v) is 7.96.